The van der Waals surface area contributed by atoms with E-state index < -0.39 is 0 Å². The van der Waals surface area contributed by atoms with E-state index in [-0.39, 0.29) is 6.04 Å². The molecule has 16 heavy (non-hydrogen) atoms. The van der Waals surface area contributed by atoms with Gasteiger partial charge in [-0.2, -0.15) is 0 Å². The standard InChI is InChI=1S/C11H12BrN3S/c1-7(11-14-4-5-16-11)15-10-3-2-8(13)6-9(10)12/h2-7,15H,13H2,1H3. The van der Waals surface area contributed by atoms with Crippen LogP contribution in [-0.2, 0) is 0 Å². The second kappa shape index (κ2) is 4.84. The number of nitrogen functional groups attached to an aromatic ring is 1. The molecular formula is C11H12BrN3S. The van der Waals surface area contributed by atoms with Gasteiger partial charge >= 0.3 is 0 Å². The molecule has 1 unspecified atom stereocenters. The van der Waals surface area contributed by atoms with Gasteiger partial charge in [-0.1, -0.05) is 0 Å². The van der Waals surface area contributed by atoms with E-state index in [1.54, 1.807) is 11.3 Å². The van der Waals surface area contributed by atoms with Crippen LogP contribution < -0.4 is 11.1 Å². The van der Waals surface area contributed by atoms with Gasteiger partial charge in [-0.15, -0.1) is 11.3 Å². The largest absolute Gasteiger partial charge is 0.399 e. The molecule has 0 spiro atoms. The molecule has 1 aromatic heterocycles. The van der Waals surface area contributed by atoms with E-state index in [0.29, 0.717) is 0 Å². The molecule has 1 atom stereocenters. The van der Waals surface area contributed by atoms with E-state index in [1.807, 2.05) is 29.8 Å². The molecule has 0 aliphatic carbocycles. The average molecular weight is 298 g/mol. The quantitative estimate of drug-likeness (QED) is 0.850. The summed E-state index contributed by atoms with van der Waals surface area (Å²) < 4.78 is 0.968. The first-order valence-corrected chi connectivity index (χ1v) is 6.55. The topological polar surface area (TPSA) is 50.9 Å². The van der Waals surface area contributed by atoms with Gasteiger partial charge < -0.3 is 11.1 Å². The molecule has 2 rings (SSSR count). The highest BCUT2D eigenvalue weighted by atomic mass is 79.9. The lowest BCUT2D eigenvalue weighted by molar-refractivity contribution is 0.869. The predicted molar refractivity (Wildman–Crippen MR) is 72.7 cm³/mol. The Bertz CT molecular complexity index is 470. The van der Waals surface area contributed by atoms with Gasteiger partial charge in [0, 0.05) is 27.4 Å². The molecule has 0 saturated carbocycles. The van der Waals surface area contributed by atoms with Crippen LogP contribution in [0.3, 0.4) is 0 Å². The lowest BCUT2D eigenvalue weighted by atomic mass is 10.2. The smallest absolute Gasteiger partial charge is 0.115 e. The number of anilines is 2. The van der Waals surface area contributed by atoms with Crippen molar-refractivity contribution in [1.29, 1.82) is 0 Å². The Kier molecular flexibility index (Phi) is 3.46. The Hall–Kier alpha value is -1.07. The maximum atomic E-state index is 5.68. The number of benzene rings is 1. The van der Waals surface area contributed by atoms with E-state index in [1.165, 1.54) is 0 Å². The minimum absolute atomic E-state index is 0.194. The summed E-state index contributed by atoms with van der Waals surface area (Å²) in [6.45, 7) is 2.08. The summed E-state index contributed by atoms with van der Waals surface area (Å²) in [5.41, 5.74) is 7.46. The fourth-order valence-electron chi connectivity index (χ4n) is 1.39. The third-order valence-corrected chi connectivity index (χ3v) is 3.80. The molecule has 1 aromatic carbocycles. The SMILES string of the molecule is CC(Nc1ccc(N)cc1Br)c1nccs1. The monoisotopic (exact) mass is 297 g/mol. The highest BCUT2D eigenvalue weighted by molar-refractivity contribution is 9.10. The molecule has 0 bridgehead atoms. The number of halogens is 1. The van der Waals surface area contributed by atoms with Crippen molar-refractivity contribution in [2.24, 2.45) is 0 Å². The van der Waals surface area contributed by atoms with Crippen LogP contribution in [-0.4, -0.2) is 4.98 Å². The Morgan fingerprint density at radius 1 is 1.50 bits per heavy atom. The summed E-state index contributed by atoms with van der Waals surface area (Å²) in [7, 11) is 0. The summed E-state index contributed by atoms with van der Waals surface area (Å²) in [5.74, 6) is 0. The van der Waals surface area contributed by atoms with Gasteiger partial charge in [-0.25, -0.2) is 4.98 Å². The molecule has 0 radical (unpaired) electrons. The fourth-order valence-corrected chi connectivity index (χ4v) is 2.55. The maximum Gasteiger partial charge on any atom is 0.115 e. The van der Waals surface area contributed by atoms with Crippen LogP contribution in [0.5, 0.6) is 0 Å². The van der Waals surface area contributed by atoms with Gasteiger partial charge in [0.2, 0.25) is 0 Å². The fraction of sp³-hybridized carbons (Fsp3) is 0.182. The molecule has 3 N–H and O–H groups in total. The van der Waals surface area contributed by atoms with Crippen molar-refractivity contribution >= 4 is 38.6 Å². The number of nitrogens with zero attached hydrogens (tertiary/aromatic N) is 1. The molecule has 0 fully saturated rings. The second-order valence-corrected chi connectivity index (χ2v) is 5.26. The first kappa shape index (κ1) is 11.4. The molecular weight excluding hydrogens is 286 g/mol. The minimum Gasteiger partial charge on any atom is -0.399 e. The lowest BCUT2D eigenvalue weighted by Crippen LogP contribution is -2.06. The van der Waals surface area contributed by atoms with Crippen LogP contribution in [0, 0.1) is 0 Å². The number of nitrogens with one attached hydrogen (secondary N) is 1. The Morgan fingerprint density at radius 3 is 2.94 bits per heavy atom. The average Bonchev–Trinajstić information content (AvgIpc) is 2.75. The Morgan fingerprint density at radius 2 is 2.31 bits per heavy atom. The normalized spacial score (nSPS) is 12.4. The Balaban J connectivity index is 2.15. The van der Waals surface area contributed by atoms with Crippen LogP contribution in [0.15, 0.2) is 34.2 Å². The van der Waals surface area contributed by atoms with E-state index in [9.17, 15) is 0 Å². The predicted octanol–water partition coefficient (Wildman–Crippen LogP) is 3.66. The van der Waals surface area contributed by atoms with E-state index in [0.717, 1.165) is 20.9 Å². The molecule has 5 heteroatoms. The van der Waals surface area contributed by atoms with Crippen LogP contribution in [0.4, 0.5) is 11.4 Å². The molecule has 0 saturated heterocycles. The van der Waals surface area contributed by atoms with E-state index >= 15 is 0 Å². The zero-order valence-electron chi connectivity index (χ0n) is 8.77. The molecule has 1 heterocycles. The number of aromatic nitrogens is 1. The highest BCUT2D eigenvalue weighted by Crippen LogP contribution is 2.28. The molecule has 0 aliphatic rings. The Labute approximate surface area is 107 Å². The van der Waals surface area contributed by atoms with Crippen molar-refractivity contribution in [2.75, 3.05) is 11.1 Å². The number of hydrogen-bond donors (Lipinski definition) is 2. The molecule has 2 aromatic rings. The molecule has 0 aliphatic heterocycles. The van der Waals surface area contributed by atoms with Crippen molar-refractivity contribution in [2.45, 2.75) is 13.0 Å². The summed E-state index contributed by atoms with van der Waals surface area (Å²) >= 11 is 5.13. The van der Waals surface area contributed by atoms with Crippen LogP contribution in [0.1, 0.15) is 18.0 Å². The number of hydrogen-bond acceptors (Lipinski definition) is 4. The number of nitrogens with two attached hydrogens (primary N) is 1. The lowest BCUT2D eigenvalue weighted by Gasteiger charge is -2.14. The van der Waals surface area contributed by atoms with Crippen molar-refractivity contribution in [3.8, 4) is 0 Å². The van der Waals surface area contributed by atoms with Gasteiger partial charge in [0.15, 0.2) is 0 Å². The van der Waals surface area contributed by atoms with Crippen molar-refractivity contribution in [3.63, 3.8) is 0 Å². The minimum atomic E-state index is 0.194. The van der Waals surface area contributed by atoms with Gasteiger partial charge in [-0.05, 0) is 41.1 Å². The van der Waals surface area contributed by atoms with Crippen LogP contribution in [0.2, 0.25) is 0 Å². The van der Waals surface area contributed by atoms with E-state index in [2.05, 4.69) is 33.2 Å². The summed E-state index contributed by atoms with van der Waals surface area (Å²) in [4.78, 5) is 4.28. The summed E-state index contributed by atoms with van der Waals surface area (Å²) in [6.07, 6.45) is 1.82. The van der Waals surface area contributed by atoms with Gasteiger partial charge in [-0.3, -0.25) is 0 Å². The maximum absolute atomic E-state index is 5.68. The van der Waals surface area contributed by atoms with E-state index in [4.69, 9.17) is 5.73 Å². The number of thiazole rings is 1. The van der Waals surface area contributed by atoms with Crippen molar-refractivity contribution in [3.05, 3.63) is 39.3 Å². The molecule has 84 valence electrons. The third kappa shape index (κ3) is 2.54. The number of rotatable bonds is 3. The van der Waals surface area contributed by atoms with Crippen LogP contribution >= 0.6 is 27.3 Å². The molecule has 3 nitrogen and oxygen atoms in total. The van der Waals surface area contributed by atoms with Crippen molar-refractivity contribution < 1.29 is 0 Å². The summed E-state index contributed by atoms with van der Waals surface area (Å²) in [5, 5.41) is 6.44. The first-order chi connectivity index (χ1) is 7.66. The van der Waals surface area contributed by atoms with Gasteiger partial charge in [0.05, 0.1) is 6.04 Å². The highest BCUT2D eigenvalue weighted by Gasteiger charge is 2.09. The zero-order chi connectivity index (χ0) is 11.5. The second-order valence-electron chi connectivity index (χ2n) is 3.48. The summed E-state index contributed by atoms with van der Waals surface area (Å²) in [6, 6.07) is 5.92. The zero-order valence-corrected chi connectivity index (χ0v) is 11.2. The third-order valence-electron chi connectivity index (χ3n) is 2.19. The van der Waals surface area contributed by atoms with Crippen molar-refractivity contribution in [1.82, 2.24) is 4.98 Å². The van der Waals surface area contributed by atoms with Gasteiger partial charge in [0.25, 0.3) is 0 Å². The van der Waals surface area contributed by atoms with Gasteiger partial charge in [0.1, 0.15) is 5.01 Å². The molecule has 0 amide bonds. The van der Waals surface area contributed by atoms with Crippen LogP contribution in [0.25, 0.3) is 0 Å². The first-order valence-electron chi connectivity index (χ1n) is 4.88.